The number of carboxylic acids is 1. The second kappa shape index (κ2) is 6.89. The van der Waals surface area contributed by atoms with Crippen molar-refractivity contribution in [3.63, 3.8) is 0 Å². The molecule has 19 heavy (non-hydrogen) atoms. The third kappa shape index (κ3) is 4.20. The second-order valence-corrected chi connectivity index (χ2v) is 5.60. The number of amides is 1. The van der Waals surface area contributed by atoms with E-state index in [0.29, 0.717) is 6.42 Å². The molecule has 0 aliphatic carbocycles. The Hall–Kier alpha value is -1.10. The molecular formula is C14H26N2O3. The Morgan fingerprint density at radius 3 is 2.21 bits per heavy atom. The maximum absolute atomic E-state index is 12.3. The predicted octanol–water partition coefficient (Wildman–Crippen LogP) is 1.62. The lowest BCUT2D eigenvalue weighted by Crippen LogP contribution is -2.57. The van der Waals surface area contributed by atoms with E-state index in [0.717, 1.165) is 25.9 Å². The smallest absolute Gasteiger partial charge is 0.323 e. The molecule has 2 N–H and O–H groups in total. The average molecular weight is 270 g/mol. The van der Waals surface area contributed by atoms with Crippen LogP contribution in [-0.4, -0.2) is 46.6 Å². The number of nitrogens with one attached hydrogen (secondary N) is 1. The summed E-state index contributed by atoms with van der Waals surface area (Å²) >= 11 is 0. The number of hydrogen-bond acceptors (Lipinski definition) is 3. The van der Waals surface area contributed by atoms with Gasteiger partial charge in [-0.25, -0.2) is 0 Å². The Balaban J connectivity index is 2.63. The van der Waals surface area contributed by atoms with Crippen molar-refractivity contribution < 1.29 is 14.7 Å². The number of carbonyl (C=O) groups is 2. The topological polar surface area (TPSA) is 69.6 Å². The van der Waals surface area contributed by atoms with E-state index in [4.69, 9.17) is 0 Å². The molecule has 110 valence electrons. The van der Waals surface area contributed by atoms with Gasteiger partial charge in [0.15, 0.2) is 0 Å². The van der Waals surface area contributed by atoms with Crippen LogP contribution in [0.1, 0.15) is 52.9 Å². The molecule has 1 rings (SSSR count). The van der Waals surface area contributed by atoms with Crippen LogP contribution in [0.5, 0.6) is 0 Å². The highest BCUT2D eigenvalue weighted by Crippen LogP contribution is 2.14. The fourth-order valence-corrected chi connectivity index (χ4v) is 2.42. The predicted molar refractivity (Wildman–Crippen MR) is 74.0 cm³/mol. The summed E-state index contributed by atoms with van der Waals surface area (Å²) in [6, 6.07) is -0.459. The lowest BCUT2D eigenvalue weighted by Gasteiger charge is -2.31. The lowest BCUT2D eigenvalue weighted by molar-refractivity contribution is -0.145. The van der Waals surface area contributed by atoms with Gasteiger partial charge in [-0.2, -0.15) is 0 Å². The number of rotatable bonds is 5. The first-order valence-corrected chi connectivity index (χ1v) is 7.20. The molecule has 0 aromatic heterocycles. The molecule has 0 spiro atoms. The number of carbonyl (C=O) groups excluding carboxylic acids is 1. The van der Waals surface area contributed by atoms with E-state index < -0.39 is 17.6 Å². The Kier molecular flexibility index (Phi) is 5.79. The van der Waals surface area contributed by atoms with Crippen molar-refractivity contribution in [2.45, 2.75) is 64.5 Å². The summed E-state index contributed by atoms with van der Waals surface area (Å²) in [5.41, 5.74) is -1.04. The van der Waals surface area contributed by atoms with Gasteiger partial charge in [0.1, 0.15) is 5.54 Å². The van der Waals surface area contributed by atoms with Crippen molar-refractivity contribution in [1.82, 2.24) is 10.2 Å². The standard InChI is InChI=1S/C14H26N2O3/c1-4-14(3,13(18)19)15-11(2)12(17)16-9-7-5-6-8-10-16/h11,15H,4-10H2,1-3H3,(H,18,19). The molecule has 1 fully saturated rings. The van der Waals surface area contributed by atoms with Gasteiger partial charge in [-0.15, -0.1) is 0 Å². The zero-order chi connectivity index (χ0) is 14.5. The maximum atomic E-state index is 12.3. The molecule has 1 amide bonds. The normalized spacial score (nSPS) is 21.3. The van der Waals surface area contributed by atoms with E-state index in [1.54, 1.807) is 13.8 Å². The zero-order valence-electron chi connectivity index (χ0n) is 12.2. The number of likely N-dealkylation sites (tertiary alicyclic amines) is 1. The van der Waals surface area contributed by atoms with E-state index in [1.165, 1.54) is 12.8 Å². The summed E-state index contributed by atoms with van der Waals surface area (Å²) in [6.07, 6.45) is 4.88. The van der Waals surface area contributed by atoms with Crippen LogP contribution < -0.4 is 5.32 Å². The van der Waals surface area contributed by atoms with Crippen molar-refractivity contribution in [2.24, 2.45) is 0 Å². The Morgan fingerprint density at radius 1 is 1.26 bits per heavy atom. The maximum Gasteiger partial charge on any atom is 0.323 e. The second-order valence-electron chi connectivity index (χ2n) is 5.60. The van der Waals surface area contributed by atoms with Gasteiger partial charge in [0.05, 0.1) is 6.04 Å². The monoisotopic (exact) mass is 270 g/mol. The summed E-state index contributed by atoms with van der Waals surface area (Å²) in [5.74, 6) is -0.895. The fourth-order valence-electron chi connectivity index (χ4n) is 2.42. The van der Waals surface area contributed by atoms with Crippen molar-refractivity contribution in [3.05, 3.63) is 0 Å². The molecule has 1 aliphatic heterocycles. The summed E-state index contributed by atoms with van der Waals surface area (Å²) in [4.78, 5) is 25.5. The highest BCUT2D eigenvalue weighted by atomic mass is 16.4. The quantitative estimate of drug-likeness (QED) is 0.796. The van der Waals surface area contributed by atoms with Crippen LogP contribution in [0.3, 0.4) is 0 Å². The van der Waals surface area contributed by atoms with Crippen LogP contribution in [0.25, 0.3) is 0 Å². The zero-order valence-corrected chi connectivity index (χ0v) is 12.2. The molecule has 0 aromatic carbocycles. The Labute approximate surface area is 115 Å². The van der Waals surface area contributed by atoms with Crippen molar-refractivity contribution in [3.8, 4) is 0 Å². The van der Waals surface area contributed by atoms with Crippen LogP contribution in [0.15, 0.2) is 0 Å². The largest absolute Gasteiger partial charge is 0.480 e. The van der Waals surface area contributed by atoms with Crippen molar-refractivity contribution >= 4 is 11.9 Å². The van der Waals surface area contributed by atoms with Gasteiger partial charge in [0.25, 0.3) is 0 Å². The molecule has 1 aliphatic rings. The van der Waals surface area contributed by atoms with Crippen LogP contribution in [0.2, 0.25) is 0 Å². The third-order valence-electron chi connectivity index (χ3n) is 4.00. The van der Waals surface area contributed by atoms with E-state index in [2.05, 4.69) is 5.32 Å². The van der Waals surface area contributed by atoms with Crippen LogP contribution in [-0.2, 0) is 9.59 Å². The first-order chi connectivity index (χ1) is 8.90. The minimum Gasteiger partial charge on any atom is -0.480 e. The SMILES string of the molecule is CCC(C)(NC(C)C(=O)N1CCCCCC1)C(=O)O. The molecular weight excluding hydrogens is 244 g/mol. The number of nitrogens with zero attached hydrogens (tertiary/aromatic N) is 1. The molecule has 5 nitrogen and oxygen atoms in total. The van der Waals surface area contributed by atoms with Crippen LogP contribution >= 0.6 is 0 Å². The van der Waals surface area contributed by atoms with Gasteiger partial charge in [-0.3, -0.25) is 14.9 Å². The Morgan fingerprint density at radius 2 is 1.79 bits per heavy atom. The lowest BCUT2D eigenvalue weighted by atomic mass is 9.98. The minimum atomic E-state index is -1.04. The molecule has 0 bridgehead atoms. The average Bonchev–Trinajstić information content (AvgIpc) is 2.66. The molecule has 2 unspecified atom stereocenters. The summed E-state index contributed by atoms with van der Waals surface area (Å²) in [6.45, 7) is 6.78. The van der Waals surface area contributed by atoms with Gasteiger partial charge in [-0.1, -0.05) is 19.8 Å². The van der Waals surface area contributed by atoms with Crippen molar-refractivity contribution in [1.29, 1.82) is 0 Å². The van der Waals surface area contributed by atoms with E-state index in [9.17, 15) is 14.7 Å². The molecule has 0 radical (unpaired) electrons. The first-order valence-electron chi connectivity index (χ1n) is 7.20. The minimum absolute atomic E-state index is 0.0165. The molecule has 5 heteroatoms. The molecule has 1 heterocycles. The number of hydrogen-bond donors (Lipinski definition) is 2. The van der Waals surface area contributed by atoms with E-state index >= 15 is 0 Å². The molecule has 2 atom stereocenters. The van der Waals surface area contributed by atoms with Gasteiger partial charge >= 0.3 is 5.97 Å². The number of aliphatic carboxylic acids is 1. The van der Waals surface area contributed by atoms with Gasteiger partial charge in [0.2, 0.25) is 5.91 Å². The molecule has 1 saturated heterocycles. The van der Waals surface area contributed by atoms with E-state index in [-0.39, 0.29) is 5.91 Å². The highest BCUT2D eigenvalue weighted by molar-refractivity contribution is 5.84. The van der Waals surface area contributed by atoms with Crippen LogP contribution in [0, 0.1) is 0 Å². The summed E-state index contributed by atoms with van der Waals surface area (Å²) < 4.78 is 0. The highest BCUT2D eigenvalue weighted by Gasteiger charge is 2.35. The molecule has 0 saturated carbocycles. The first kappa shape index (κ1) is 16.0. The van der Waals surface area contributed by atoms with Crippen molar-refractivity contribution in [2.75, 3.05) is 13.1 Å². The van der Waals surface area contributed by atoms with Gasteiger partial charge < -0.3 is 10.0 Å². The fraction of sp³-hybridized carbons (Fsp3) is 0.857. The molecule has 0 aromatic rings. The van der Waals surface area contributed by atoms with E-state index in [1.807, 2.05) is 11.8 Å². The van der Waals surface area contributed by atoms with Crippen LogP contribution in [0.4, 0.5) is 0 Å². The third-order valence-corrected chi connectivity index (χ3v) is 4.00. The van der Waals surface area contributed by atoms with Gasteiger partial charge in [0, 0.05) is 13.1 Å². The summed E-state index contributed by atoms with van der Waals surface area (Å²) in [7, 11) is 0. The van der Waals surface area contributed by atoms with Gasteiger partial charge in [-0.05, 0) is 33.1 Å². The summed E-state index contributed by atoms with van der Waals surface area (Å²) in [5, 5.41) is 12.2. The number of carboxylic acid groups (broad SMARTS) is 1. The Bertz CT molecular complexity index is 325.